The average Bonchev–Trinajstić information content (AvgIpc) is 2.66. The lowest BCUT2D eigenvalue weighted by atomic mass is 10.1. The maximum atomic E-state index is 4.66. The largest absolute Gasteiger partial charge is 0.379 e. The second kappa shape index (κ2) is 4.98. The Morgan fingerprint density at radius 2 is 2.18 bits per heavy atom. The zero-order valence-electron chi connectivity index (χ0n) is 11.5. The first-order valence-electron chi connectivity index (χ1n) is 6.75. The van der Waals surface area contributed by atoms with Gasteiger partial charge in [0, 0.05) is 26.2 Å². The first-order chi connectivity index (χ1) is 8.19. The number of fused-ring (bicyclic) bond motifs is 1. The Kier molecular flexibility index (Phi) is 3.60. The van der Waals surface area contributed by atoms with Crippen LogP contribution in [0.2, 0.25) is 0 Å². The molecule has 0 saturated heterocycles. The van der Waals surface area contributed by atoms with Crippen LogP contribution in [0.4, 0.5) is 11.5 Å². The van der Waals surface area contributed by atoms with E-state index >= 15 is 0 Å². The second-order valence-electron chi connectivity index (χ2n) is 4.90. The summed E-state index contributed by atoms with van der Waals surface area (Å²) in [6, 6.07) is 0.584. The van der Waals surface area contributed by atoms with Crippen molar-refractivity contribution in [1.29, 1.82) is 0 Å². The molecule has 0 amide bonds. The Balaban J connectivity index is 2.37. The zero-order valence-corrected chi connectivity index (χ0v) is 11.5. The molecule has 1 atom stereocenters. The van der Waals surface area contributed by atoms with Crippen LogP contribution in [0.3, 0.4) is 0 Å². The summed E-state index contributed by atoms with van der Waals surface area (Å²) >= 11 is 0. The van der Waals surface area contributed by atoms with Crippen molar-refractivity contribution in [1.82, 2.24) is 9.78 Å². The number of hydrogen-bond donors (Lipinski definition) is 1. The highest BCUT2D eigenvalue weighted by Gasteiger charge is 2.26. The number of anilines is 2. The SMILES string of the molecule is CCCc1nn(C)c2c1NCCN2C(C)CC. The van der Waals surface area contributed by atoms with E-state index in [9.17, 15) is 0 Å². The van der Waals surface area contributed by atoms with E-state index in [4.69, 9.17) is 0 Å². The van der Waals surface area contributed by atoms with Crippen LogP contribution in [0.15, 0.2) is 0 Å². The smallest absolute Gasteiger partial charge is 0.150 e. The molecule has 17 heavy (non-hydrogen) atoms. The monoisotopic (exact) mass is 236 g/mol. The molecule has 0 aliphatic carbocycles. The van der Waals surface area contributed by atoms with E-state index in [0.717, 1.165) is 25.9 Å². The summed E-state index contributed by atoms with van der Waals surface area (Å²) in [6.07, 6.45) is 3.38. The molecule has 4 nitrogen and oxygen atoms in total. The Morgan fingerprint density at radius 1 is 1.41 bits per heavy atom. The number of aryl methyl sites for hydroxylation is 2. The van der Waals surface area contributed by atoms with Crippen molar-refractivity contribution in [2.24, 2.45) is 7.05 Å². The molecule has 2 heterocycles. The molecular weight excluding hydrogens is 212 g/mol. The number of aromatic nitrogens is 2. The van der Waals surface area contributed by atoms with E-state index in [1.807, 2.05) is 4.68 Å². The molecule has 2 rings (SSSR count). The molecular formula is C13H24N4. The Bertz CT molecular complexity index is 383. The van der Waals surface area contributed by atoms with E-state index in [-0.39, 0.29) is 0 Å². The fraction of sp³-hybridized carbons (Fsp3) is 0.769. The number of hydrogen-bond acceptors (Lipinski definition) is 3. The normalized spacial score (nSPS) is 16.6. The highest BCUT2D eigenvalue weighted by Crippen LogP contribution is 2.34. The molecule has 1 aromatic heterocycles. The molecule has 0 bridgehead atoms. The third kappa shape index (κ3) is 2.13. The van der Waals surface area contributed by atoms with Gasteiger partial charge in [0.1, 0.15) is 5.69 Å². The minimum absolute atomic E-state index is 0.584. The molecule has 1 aliphatic rings. The van der Waals surface area contributed by atoms with E-state index in [1.165, 1.54) is 23.6 Å². The lowest BCUT2D eigenvalue weighted by Gasteiger charge is -2.35. The number of nitrogens with zero attached hydrogens (tertiary/aromatic N) is 3. The molecule has 0 aromatic carbocycles. The molecule has 1 unspecified atom stereocenters. The minimum Gasteiger partial charge on any atom is -0.379 e. The fourth-order valence-corrected chi connectivity index (χ4v) is 2.55. The molecule has 0 saturated carbocycles. The number of nitrogens with one attached hydrogen (secondary N) is 1. The van der Waals surface area contributed by atoms with Crippen molar-refractivity contribution < 1.29 is 0 Å². The summed E-state index contributed by atoms with van der Waals surface area (Å²) in [5, 5.41) is 8.18. The highest BCUT2D eigenvalue weighted by molar-refractivity contribution is 5.71. The van der Waals surface area contributed by atoms with Crippen LogP contribution < -0.4 is 10.2 Å². The molecule has 4 heteroatoms. The van der Waals surface area contributed by atoms with Gasteiger partial charge in [-0.3, -0.25) is 4.68 Å². The van der Waals surface area contributed by atoms with Crippen molar-refractivity contribution in [3.05, 3.63) is 5.69 Å². The van der Waals surface area contributed by atoms with Gasteiger partial charge < -0.3 is 10.2 Å². The first kappa shape index (κ1) is 12.3. The summed E-state index contributed by atoms with van der Waals surface area (Å²) in [6.45, 7) is 8.85. The van der Waals surface area contributed by atoms with E-state index in [2.05, 4.69) is 43.1 Å². The van der Waals surface area contributed by atoms with Gasteiger partial charge >= 0.3 is 0 Å². The van der Waals surface area contributed by atoms with Crippen LogP contribution in [0.1, 0.15) is 39.3 Å². The van der Waals surface area contributed by atoms with Gasteiger partial charge in [-0.2, -0.15) is 5.10 Å². The van der Waals surface area contributed by atoms with Gasteiger partial charge in [0.05, 0.1) is 5.69 Å². The van der Waals surface area contributed by atoms with Crippen LogP contribution in [0, 0.1) is 0 Å². The molecule has 0 radical (unpaired) electrons. The number of rotatable bonds is 4. The minimum atomic E-state index is 0.584. The maximum Gasteiger partial charge on any atom is 0.150 e. The lowest BCUT2D eigenvalue weighted by molar-refractivity contribution is 0.588. The Labute approximate surface area is 104 Å². The molecule has 1 aromatic rings. The van der Waals surface area contributed by atoms with Crippen LogP contribution in [0.5, 0.6) is 0 Å². The van der Waals surface area contributed by atoms with Crippen LogP contribution in [0.25, 0.3) is 0 Å². The van der Waals surface area contributed by atoms with Gasteiger partial charge in [-0.1, -0.05) is 20.3 Å². The van der Waals surface area contributed by atoms with Crippen molar-refractivity contribution >= 4 is 11.5 Å². The predicted molar refractivity (Wildman–Crippen MR) is 72.8 cm³/mol. The molecule has 1 N–H and O–H groups in total. The Hall–Kier alpha value is -1.19. The fourth-order valence-electron chi connectivity index (χ4n) is 2.55. The van der Waals surface area contributed by atoms with Crippen LogP contribution in [-0.2, 0) is 13.5 Å². The van der Waals surface area contributed by atoms with Crippen molar-refractivity contribution in [2.45, 2.75) is 46.1 Å². The molecule has 1 aliphatic heterocycles. The topological polar surface area (TPSA) is 33.1 Å². The summed E-state index contributed by atoms with van der Waals surface area (Å²) in [5.41, 5.74) is 2.49. The standard InChI is InChI=1S/C13H24N4/c1-5-7-11-12-13(16(4)15-11)17(9-8-14-12)10(3)6-2/h10,14H,5-9H2,1-4H3. The van der Waals surface area contributed by atoms with E-state index in [1.54, 1.807) is 0 Å². The lowest BCUT2D eigenvalue weighted by Crippen LogP contribution is -2.41. The van der Waals surface area contributed by atoms with Crippen molar-refractivity contribution in [2.75, 3.05) is 23.3 Å². The third-order valence-electron chi connectivity index (χ3n) is 3.63. The van der Waals surface area contributed by atoms with Gasteiger partial charge in [-0.25, -0.2) is 0 Å². The first-order valence-corrected chi connectivity index (χ1v) is 6.75. The van der Waals surface area contributed by atoms with Crippen molar-refractivity contribution in [3.8, 4) is 0 Å². The van der Waals surface area contributed by atoms with Crippen molar-refractivity contribution in [3.63, 3.8) is 0 Å². The summed E-state index contributed by atoms with van der Waals surface area (Å²) < 4.78 is 2.04. The quantitative estimate of drug-likeness (QED) is 0.871. The maximum absolute atomic E-state index is 4.66. The van der Waals surface area contributed by atoms with Gasteiger partial charge in [0.15, 0.2) is 5.82 Å². The molecule has 0 spiro atoms. The summed E-state index contributed by atoms with van der Waals surface area (Å²) in [7, 11) is 2.06. The third-order valence-corrected chi connectivity index (χ3v) is 3.63. The van der Waals surface area contributed by atoms with Gasteiger partial charge in [-0.15, -0.1) is 0 Å². The Morgan fingerprint density at radius 3 is 2.82 bits per heavy atom. The van der Waals surface area contributed by atoms with Crippen LogP contribution in [-0.4, -0.2) is 28.9 Å². The summed E-state index contributed by atoms with van der Waals surface area (Å²) in [5.74, 6) is 1.27. The molecule has 96 valence electrons. The van der Waals surface area contributed by atoms with Gasteiger partial charge in [0.2, 0.25) is 0 Å². The van der Waals surface area contributed by atoms with Gasteiger partial charge in [-0.05, 0) is 19.8 Å². The highest BCUT2D eigenvalue weighted by atomic mass is 15.4. The second-order valence-corrected chi connectivity index (χ2v) is 4.90. The predicted octanol–water partition coefficient (Wildman–Crippen LogP) is 2.40. The molecule has 0 fully saturated rings. The van der Waals surface area contributed by atoms with E-state index < -0.39 is 0 Å². The van der Waals surface area contributed by atoms with Gasteiger partial charge in [0.25, 0.3) is 0 Å². The summed E-state index contributed by atoms with van der Waals surface area (Å²) in [4.78, 5) is 2.48. The van der Waals surface area contributed by atoms with E-state index in [0.29, 0.717) is 6.04 Å². The zero-order chi connectivity index (χ0) is 12.4. The average molecular weight is 236 g/mol. The van der Waals surface area contributed by atoms with Crippen LogP contribution >= 0.6 is 0 Å².